The third-order valence-electron chi connectivity index (χ3n) is 5.62. The SMILES string of the molecule is COc1cc(NC(=O)N2CCCC[C@H]2CN2CCOCC2)c2ncccc2c1. The predicted octanol–water partition coefficient (Wildman–Crippen LogP) is 2.96. The van der Waals surface area contributed by atoms with E-state index in [1.807, 2.05) is 29.2 Å². The first-order valence-electron chi connectivity index (χ1n) is 10.0. The molecule has 7 heteroatoms. The molecule has 2 aromatic rings. The molecule has 4 rings (SSSR count). The van der Waals surface area contributed by atoms with Gasteiger partial charge in [-0.2, -0.15) is 0 Å². The highest BCUT2D eigenvalue weighted by Crippen LogP contribution is 2.28. The van der Waals surface area contributed by atoms with Crippen LogP contribution in [0.15, 0.2) is 30.5 Å². The third-order valence-corrected chi connectivity index (χ3v) is 5.62. The molecule has 150 valence electrons. The molecule has 2 amide bonds. The largest absolute Gasteiger partial charge is 0.497 e. The van der Waals surface area contributed by atoms with Crippen molar-refractivity contribution in [2.24, 2.45) is 0 Å². The molecular formula is C21H28N4O3. The Morgan fingerprint density at radius 2 is 2.14 bits per heavy atom. The molecule has 0 spiro atoms. The lowest BCUT2D eigenvalue weighted by atomic mass is 10.0. The van der Waals surface area contributed by atoms with E-state index in [1.54, 1.807) is 13.3 Å². The molecule has 1 N–H and O–H groups in total. The van der Waals surface area contributed by atoms with E-state index in [-0.39, 0.29) is 12.1 Å². The number of benzene rings is 1. The Labute approximate surface area is 165 Å². The molecule has 1 aromatic heterocycles. The molecular weight excluding hydrogens is 356 g/mol. The highest BCUT2D eigenvalue weighted by Gasteiger charge is 2.29. The number of fused-ring (bicyclic) bond motifs is 1. The zero-order chi connectivity index (χ0) is 19.3. The number of carbonyl (C=O) groups is 1. The van der Waals surface area contributed by atoms with Gasteiger partial charge in [0, 0.05) is 49.9 Å². The molecule has 0 unspecified atom stereocenters. The Balaban J connectivity index is 1.52. The van der Waals surface area contributed by atoms with Gasteiger partial charge >= 0.3 is 6.03 Å². The van der Waals surface area contributed by atoms with E-state index < -0.39 is 0 Å². The molecule has 0 saturated carbocycles. The number of hydrogen-bond acceptors (Lipinski definition) is 5. The number of methoxy groups -OCH3 is 1. The highest BCUT2D eigenvalue weighted by molar-refractivity contribution is 6.00. The van der Waals surface area contributed by atoms with E-state index in [0.717, 1.165) is 63.1 Å². The second kappa shape index (κ2) is 8.75. The number of rotatable bonds is 4. The normalized spacial score (nSPS) is 20.9. The molecule has 2 saturated heterocycles. The molecule has 2 aliphatic rings. The zero-order valence-corrected chi connectivity index (χ0v) is 16.4. The molecule has 7 nitrogen and oxygen atoms in total. The van der Waals surface area contributed by atoms with Gasteiger partial charge < -0.3 is 19.7 Å². The van der Waals surface area contributed by atoms with Gasteiger partial charge in [0.15, 0.2) is 0 Å². The number of amides is 2. The highest BCUT2D eigenvalue weighted by atomic mass is 16.5. The van der Waals surface area contributed by atoms with Gasteiger partial charge in [0.2, 0.25) is 0 Å². The lowest BCUT2D eigenvalue weighted by Gasteiger charge is -2.39. The summed E-state index contributed by atoms with van der Waals surface area (Å²) in [5.41, 5.74) is 1.47. The number of urea groups is 1. The summed E-state index contributed by atoms with van der Waals surface area (Å²) in [7, 11) is 1.63. The maximum absolute atomic E-state index is 13.2. The van der Waals surface area contributed by atoms with Gasteiger partial charge in [0.1, 0.15) is 5.75 Å². The second-order valence-electron chi connectivity index (χ2n) is 7.44. The molecule has 2 aliphatic heterocycles. The first-order valence-corrected chi connectivity index (χ1v) is 10.0. The van der Waals surface area contributed by atoms with E-state index >= 15 is 0 Å². The van der Waals surface area contributed by atoms with Crippen molar-refractivity contribution in [2.75, 3.05) is 51.8 Å². The smallest absolute Gasteiger partial charge is 0.322 e. The number of carbonyl (C=O) groups excluding carboxylic acids is 1. The van der Waals surface area contributed by atoms with E-state index in [1.165, 1.54) is 6.42 Å². The van der Waals surface area contributed by atoms with Crippen LogP contribution in [0.4, 0.5) is 10.5 Å². The Kier molecular flexibility index (Phi) is 5.92. The Hall–Kier alpha value is -2.38. The van der Waals surface area contributed by atoms with Crippen LogP contribution in [0.2, 0.25) is 0 Å². The zero-order valence-electron chi connectivity index (χ0n) is 16.4. The molecule has 0 bridgehead atoms. The first kappa shape index (κ1) is 19.0. The van der Waals surface area contributed by atoms with Crippen LogP contribution in [0.3, 0.4) is 0 Å². The van der Waals surface area contributed by atoms with Gasteiger partial charge in [-0.15, -0.1) is 0 Å². The van der Waals surface area contributed by atoms with Gasteiger partial charge in [-0.3, -0.25) is 9.88 Å². The minimum Gasteiger partial charge on any atom is -0.497 e. The van der Waals surface area contributed by atoms with E-state index in [9.17, 15) is 4.79 Å². The number of morpholine rings is 1. The van der Waals surface area contributed by atoms with Crippen molar-refractivity contribution in [3.05, 3.63) is 30.5 Å². The van der Waals surface area contributed by atoms with Crippen molar-refractivity contribution >= 4 is 22.6 Å². The average molecular weight is 384 g/mol. The Bertz CT molecular complexity index is 822. The van der Waals surface area contributed by atoms with Crippen LogP contribution in [0.5, 0.6) is 5.75 Å². The minimum absolute atomic E-state index is 0.0573. The number of anilines is 1. The third kappa shape index (κ3) is 4.20. The van der Waals surface area contributed by atoms with Crippen molar-refractivity contribution in [3.8, 4) is 5.75 Å². The fourth-order valence-corrected chi connectivity index (χ4v) is 4.10. The van der Waals surface area contributed by atoms with Crippen LogP contribution >= 0.6 is 0 Å². The van der Waals surface area contributed by atoms with Gasteiger partial charge in [-0.1, -0.05) is 6.07 Å². The Morgan fingerprint density at radius 3 is 2.96 bits per heavy atom. The number of ether oxygens (including phenoxy) is 2. The summed E-state index contributed by atoms with van der Waals surface area (Å²) in [6, 6.07) is 7.81. The lowest BCUT2D eigenvalue weighted by Crippen LogP contribution is -2.52. The molecule has 1 atom stereocenters. The minimum atomic E-state index is -0.0573. The maximum atomic E-state index is 13.2. The van der Waals surface area contributed by atoms with E-state index in [4.69, 9.17) is 9.47 Å². The van der Waals surface area contributed by atoms with Crippen molar-refractivity contribution in [2.45, 2.75) is 25.3 Å². The summed E-state index contributed by atoms with van der Waals surface area (Å²) in [5.74, 6) is 0.708. The first-order chi connectivity index (χ1) is 13.7. The summed E-state index contributed by atoms with van der Waals surface area (Å²) in [6.07, 6.45) is 5.00. The van der Waals surface area contributed by atoms with Crippen molar-refractivity contribution in [1.29, 1.82) is 0 Å². The van der Waals surface area contributed by atoms with Gasteiger partial charge in [-0.05, 0) is 31.4 Å². The summed E-state index contributed by atoms with van der Waals surface area (Å²) >= 11 is 0. The van der Waals surface area contributed by atoms with Crippen LogP contribution in [0.1, 0.15) is 19.3 Å². The van der Waals surface area contributed by atoms with Crippen LogP contribution in [-0.4, -0.2) is 73.4 Å². The standard InChI is InChI=1S/C21H28N4O3/c1-27-18-13-16-5-4-7-22-20(16)19(14-18)23-21(26)25-8-3-2-6-17(25)15-24-9-11-28-12-10-24/h4-5,7,13-14,17H,2-3,6,8-12,15H2,1H3,(H,23,26)/t17-/m0/s1. The van der Waals surface area contributed by atoms with E-state index in [2.05, 4.69) is 15.2 Å². The van der Waals surface area contributed by atoms with Gasteiger partial charge in [0.25, 0.3) is 0 Å². The number of aromatic nitrogens is 1. The molecule has 28 heavy (non-hydrogen) atoms. The molecule has 2 fully saturated rings. The molecule has 3 heterocycles. The van der Waals surface area contributed by atoms with Gasteiger partial charge in [0.05, 0.1) is 31.5 Å². The summed E-state index contributed by atoms with van der Waals surface area (Å²) in [5, 5.41) is 4.04. The quantitative estimate of drug-likeness (QED) is 0.878. The number of likely N-dealkylation sites (tertiary alicyclic amines) is 1. The summed E-state index contributed by atoms with van der Waals surface area (Å²) < 4.78 is 10.9. The van der Waals surface area contributed by atoms with Crippen molar-refractivity contribution in [3.63, 3.8) is 0 Å². The maximum Gasteiger partial charge on any atom is 0.322 e. The number of pyridine rings is 1. The molecule has 0 radical (unpaired) electrons. The number of hydrogen-bond donors (Lipinski definition) is 1. The van der Waals surface area contributed by atoms with Gasteiger partial charge in [-0.25, -0.2) is 4.79 Å². The lowest BCUT2D eigenvalue weighted by molar-refractivity contribution is 0.0229. The molecule has 1 aromatic carbocycles. The average Bonchev–Trinajstić information content (AvgIpc) is 2.74. The molecule has 0 aliphatic carbocycles. The summed E-state index contributed by atoms with van der Waals surface area (Å²) in [4.78, 5) is 22.0. The number of nitrogens with one attached hydrogen (secondary N) is 1. The van der Waals surface area contributed by atoms with Crippen LogP contribution < -0.4 is 10.1 Å². The monoisotopic (exact) mass is 384 g/mol. The van der Waals surface area contributed by atoms with Crippen LogP contribution in [-0.2, 0) is 4.74 Å². The van der Waals surface area contributed by atoms with E-state index in [0.29, 0.717) is 11.4 Å². The summed E-state index contributed by atoms with van der Waals surface area (Å²) in [6.45, 7) is 5.14. The van der Waals surface area contributed by atoms with Crippen molar-refractivity contribution < 1.29 is 14.3 Å². The topological polar surface area (TPSA) is 66.9 Å². The van der Waals surface area contributed by atoms with Crippen molar-refractivity contribution in [1.82, 2.24) is 14.8 Å². The number of nitrogens with zero attached hydrogens (tertiary/aromatic N) is 3. The van der Waals surface area contributed by atoms with Crippen LogP contribution in [0, 0.1) is 0 Å². The Morgan fingerprint density at radius 1 is 1.29 bits per heavy atom. The number of piperidine rings is 1. The fourth-order valence-electron chi connectivity index (χ4n) is 4.10. The second-order valence-corrected chi connectivity index (χ2v) is 7.44. The van der Waals surface area contributed by atoms with Crippen LogP contribution in [0.25, 0.3) is 10.9 Å². The fraction of sp³-hybridized carbons (Fsp3) is 0.524. The predicted molar refractivity (Wildman–Crippen MR) is 109 cm³/mol.